The molecule has 0 saturated carbocycles. The maximum Gasteiger partial charge on any atom is 0.410 e. The second-order valence-electron chi connectivity index (χ2n) is 4.72. The van der Waals surface area contributed by atoms with E-state index in [1.807, 2.05) is 20.8 Å². The standard InChI is InChI=1S/C10H19NO2S.ClH/c1-10(2,3)13-9(12)11-6-4-5-8(14)7-11;/h8,14H,4-7H2,1-3H3;1H/t8-;/m1./s1. The van der Waals surface area contributed by atoms with Gasteiger partial charge in [-0.05, 0) is 33.6 Å². The van der Waals surface area contributed by atoms with Crippen molar-refractivity contribution in [1.82, 2.24) is 4.90 Å². The summed E-state index contributed by atoms with van der Waals surface area (Å²) in [5.41, 5.74) is -0.402. The molecule has 5 heteroatoms. The van der Waals surface area contributed by atoms with E-state index in [0.29, 0.717) is 11.8 Å². The summed E-state index contributed by atoms with van der Waals surface area (Å²) in [7, 11) is 0. The highest BCUT2D eigenvalue weighted by atomic mass is 35.5. The topological polar surface area (TPSA) is 29.5 Å². The van der Waals surface area contributed by atoms with Crippen molar-refractivity contribution in [1.29, 1.82) is 0 Å². The van der Waals surface area contributed by atoms with Gasteiger partial charge < -0.3 is 9.64 Å². The first-order valence-electron chi connectivity index (χ1n) is 5.04. The van der Waals surface area contributed by atoms with Crippen LogP contribution in [0.15, 0.2) is 0 Å². The first-order valence-corrected chi connectivity index (χ1v) is 5.56. The summed E-state index contributed by atoms with van der Waals surface area (Å²) < 4.78 is 5.28. The summed E-state index contributed by atoms with van der Waals surface area (Å²) in [5.74, 6) is 0. The Morgan fingerprint density at radius 3 is 2.53 bits per heavy atom. The van der Waals surface area contributed by atoms with Gasteiger partial charge in [0.1, 0.15) is 5.60 Å². The number of nitrogens with zero attached hydrogens (tertiary/aromatic N) is 1. The van der Waals surface area contributed by atoms with Crippen LogP contribution in [0.2, 0.25) is 0 Å². The van der Waals surface area contributed by atoms with E-state index in [-0.39, 0.29) is 18.5 Å². The van der Waals surface area contributed by atoms with Crippen molar-refractivity contribution in [3.63, 3.8) is 0 Å². The second-order valence-corrected chi connectivity index (χ2v) is 5.45. The Morgan fingerprint density at radius 1 is 1.47 bits per heavy atom. The van der Waals surface area contributed by atoms with E-state index in [4.69, 9.17) is 4.74 Å². The summed E-state index contributed by atoms with van der Waals surface area (Å²) >= 11 is 4.38. The Bertz CT molecular complexity index is 218. The van der Waals surface area contributed by atoms with Gasteiger partial charge in [0, 0.05) is 18.3 Å². The highest BCUT2D eigenvalue weighted by Gasteiger charge is 2.25. The fraction of sp³-hybridized carbons (Fsp3) is 0.900. The van der Waals surface area contributed by atoms with Crippen LogP contribution in [0.3, 0.4) is 0 Å². The van der Waals surface area contributed by atoms with Gasteiger partial charge in [-0.2, -0.15) is 12.6 Å². The molecule has 0 bridgehead atoms. The van der Waals surface area contributed by atoms with Crippen LogP contribution in [0, 0.1) is 0 Å². The minimum Gasteiger partial charge on any atom is -0.444 e. The zero-order valence-electron chi connectivity index (χ0n) is 9.52. The lowest BCUT2D eigenvalue weighted by Gasteiger charge is -2.32. The van der Waals surface area contributed by atoms with Crippen LogP contribution in [0.5, 0.6) is 0 Å². The number of thiol groups is 1. The number of halogens is 1. The Labute approximate surface area is 103 Å². The molecule has 0 aromatic rings. The Kier molecular flexibility index (Phi) is 5.81. The largest absolute Gasteiger partial charge is 0.444 e. The molecule has 1 saturated heterocycles. The SMILES string of the molecule is CC(C)(C)OC(=O)N1CCC[C@@H](S)C1.Cl. The van der Waals surface area contributed by atoms with Gasteiger partial charge >= 0.3 is 6.09 Å². The molecule has 0 aromatic heterocycles. The monoisotopic (exact) mass is 253 g/mol. The molecule has 1 fully saturated rings. The smallest absolute Gasteiger partial charge is 0.410 e. The molecule has 90 valence electrons. The summed E-state index contributed by atoms with van der Waals surface area (Å²) in [6.07, 6.45) is 1.90. The molecule has 1 aliphatic heterocycles. The minimum absolute atomic E-state index is 0. The van der Waals surface area contributed by atoms with Gasteiger partial charge in [-0.3, -0.25) is 0 Å². The van der Waals surface area contributed by atoms with Crippen molar-refractivity contribution < 1.29 is 9.53 Å². The minimum atomic E-state index is -0.402. The zero-order valence-corrected chi connectivity index (χ0v) is 11.2. The van der Waals surface area contributed by atoms with E-state index in [0.717, 1.165) is 19.4 Å². The second kappa shape index (κ2) is 5.85. The molecule has 0 spiro atoms. The molecule has 1 atom stereocenters. The maximum absolute atomic E-state index is 11.6. The van der Waals surface area contributed by atoms with Crippen LogP contribution < -0.4 is 0 Å². The number of hydrogen-bond acceptors (Lipinski definition) is 3. The maximum atomic E-state index is 11.6. The van der Waals surface area contributed by atoms with Gasteiger partial charge in [-0.25, -0.2) is 4.79 Å². The van der Waals surface area contributed by atoms with Crippen molar-refractivity contribution in [2.24, 2.45) is 0 Å². The predicted octanol–water partition coefficient (Wildman–Crippen LogP) is 2.74. The molecule has 0 aromatic carbocycles. The van der Waals surface area contributed by atoms with Crippen molar-refractivity contribution in [3.8, 4) is 0 Å². The van der Waals surface area contributed by atoms with Gasteiger partial charge in [-0.1, -0.05) is 0 Å². The van der Waals surface area contributed by atoms with Crippen LogP contribution in [0.25, 0.3) is 0 Å². The number of carbonyl (C=O) groups excluding carboxylic acids is 1. The summed E-state index contributed by atoms with van der Waals surface area (Å²) in [6.45, 7) is 7.15. The molecule has 1 heterocycles. The molecule has 0 radical (unpaired) electrons. The fourth-order valence-corrected chi connectivity index (χ4v) is 1.83. The Hall–Kier alpha value is -0.0900. The Morgan fingerprint density at radius 2 is 2.07 bits per heavy atom. The molecule has 0 aliphatic carbocycles. The lowest BCUT2D eigenvalue weighted by molar-refractivity contribution is 0.0221. The number of hydrogen-bond donors (Lipinski definition) is 1. The molecule has 0 N–H and O–H groups in total. The fourth-order valence-electron chi connectivity index (χ4n) is 1.45. The van der Waals surface area contributed by atoms with Gasteiger partial charge in [0.15, 0.2) is 0 Å². The number of rotatable bonds is 0. The lowest BCUT2D eigenvalue weighted by Crippen LogP contribution is -2.43. The van der Waals surface area contributed by atoms with Crippen LogP contribution in [-0.4, -0.2) is 34.9 Å². The molecule has 0 unspecified atom stereocenters. The van der Waals surface area contributed by atoms with Crippen molar-refractivity contribution in [2.75, 3.05) is 13.1 Å². The van der Waals surface area contributed by atoms with Crippen molar-refractivity contribution in [2.45, 2.75) is 44.5 Å². The molecule has 15 heavy (non-hydrogen) atoms. The molecular formula is C10H20ClNO2S. The number of likely N-dealkylation sites (tertiary alicyclic amines) is 1. The molecule has 3 nitrogen and oxygen atoms in total. The third kappa shape index (κ3) is 5.52. The van der Waals surface area contributed by atoms with Crippen LogP contribution in [-0.2, 0) is 4.74 Å². The van der Waals surface area contributed by atoms with Crippen molar-refractivity contribution >= 4 is 31.1 Å². The van der Waals surface area contributed by atoms with E-state index in [1.165, 1.54) is 0 Å². The predicted molar refractivity (Wildman–Crippen MR) is 67.1 cm³/mol. The number of ether oxygens (including phenoxy) is 1. The number of carbonyl (C=O) groups is 1. The van der Waals surface area contributed by atoms with Crippen LogP contribution in [0.4, 0.5) is 4.79 Å². The van der Waals surface area contributed by atoms with E-state index < -0.39 is 5.60 Å². The molecule has 1 aliphatic rings. The third-order valence-corrected chi connectivity index (χ3v) is 2.47. The zero-order chi connectivity index (χ0) is 10.8. The van der Waals surface area contributed by atoms with Gasteiger partial charge in [0.05, 0.1) is 0 Å². The summed E-state index contributed by atoms with van der Waals surface area (Å²) in [6, 6.07) is 0. The quantitative estimate of drug-likeness (QED) is 0.673. The molecule has 1 rings (SSSR count). The van der Waals surface area contributed by atoms with Crippen LogP contribution in [0.1, 0.15) is 33.6 Å². The highest BCUT2D eigenvalue weighted by Crippen LogP contribution is 2.17. The van der Waals surface area contributed by atoms with E-state index in [1.54, 1.807) is 4.90 Å². The van der Waals surface area contributed by atoms with Gasteiger partial charge in [-0.15, -0.1) is 12.4 Å². The third-order valence-electron chi connectivity index (χ3n) is 2.05. The van der Waals surface area contributed by atoms with E-state index in [2.05, 4.69) is 12.6 Å². The van der Waals surface area contributed by atoms with E-state index >= 15 is 0 Å². The van der Waals surface area contributed by atoms with Gasteiger partial charge in [0.2, 0.25) is 0 Å². The van der Waals surface area contributed by atoms with Gasteiger partial charge in [0.25, 0.3) is 0 Å². The van der Waals surface area contributed by atoms with Crippen LogP contribution >= 0.6 is 25.0 Å². The summed E-state index contributed by atoms with van der Waals surface area (Å²) in [4.78, 5) is 13.4. The van der Waals surface area contributed by atoms with Crippen molar-refractivity contribution in [3.05, 3.63) is 0 Å². The molecular weight excluding hydrogens is 234 g/mol. The Balaban J connectivity index is 0.00000196. The lowest BCUT2D eigenvalue weighted by atomic mass is 10.1. The molecule has 1 amide bonds. The van der Waals surface area contributed by atoms with E-state index in [9.17, 15) is 4.79 Å². The first-order chi connectivity index (χ1) is 6.38. The first kappa shape index (κ1) is 14.9. The average Bonchev–Trinajstić information content (AvgIpc) is 2.01. The number of amides is 1. The summed E-state index contributed by atoms with van der Waals surface area (Å²) in [5, 5.41) is 0.302. The average molecular weight is 254 g/mol. The highest BCUT2D eigenvalue weighted by molar-refractivity contribution is 7.81. The normalized spacial score (nSPS) is 21.9. The number of piperidine rings is 1.